The Morgan fingerprint density at radius 3 is 2.51 bits per heavy atom. The number of carbonyl (C=O) groups is 1. The molecule has 2 aromatic heterocycles. The second kappa shape index (κ2) is 10.3. The molecule has 0 radical (unpaired) electrons. The summed E-state index contributed by atoms with van der Waals surface area (Å²) in [5, 5.41) is 14.4. The van der Waals surface area contributed by atoms with Gasteiger partial charge in [0.1, 0.15) is 0 Å². The number of aliphatic hydroxyl groups excluding tert-OH is 1. The van der Waals surface area contributed by atoms with E-state index in [2.05, 4.69) is 5.10 Å². The molecule has 2 aromatic carbocycles. The molecular weight excluding hydrogens is 506 g/mol. The van der Waals surface area contributed by atoms with E-state index in [1.54, 1.807) is 35.0 Å². The number of hydrogen-bond acceptors (Lipinski definition) is 6. The van der Waals surface area contributed by atoms with Crippen LogP contribution in [0.4, 0.5) is 0 Å². The molecule has 0 saturated heterocycles. The van der Waals surface area contributed by atoms with E-state index in [1.807, 2.05) is 43.3 Å². The lowest BCUT2D eigenvalue weighted by Crippen LogP contribution is -2.33. The second-order valence-electron chi connectivity index (χ2n) is 7.85. The third-order valence-electron chi connectivity index (χ3n) is 5.45. The minimum Gasteiger partial charge on any atom is -0.395 e. The Balaban J connectivity index is 1.81. The molecule has 0 aliphatic heterocycles. The average Bonchev–Trinajstić information content (AvgIpc) is 3.50. The molecule has 182 valence electrons. The summed E-state index contributed by atoms with van der Waals surface area (Å²) in [6.07, 6.45) is 1.18. The Morgan fingerprint density at radius 2 is 1.83 bits per heavy atom. The first-order valence-electron chi connectivity index (χ1n) is 10.9. The van der Waals surface area contributed by atoms with Crippen LogP contribution in [0.2, 0.25) is 5.02 Å². The molecule has 0 saturated carbocycles. The molecule has 0 fully saturated rings. The monoisotopic (exact) mass is 529 g/mol. The molecule has 7 nitrogen and oxygen atoms in total. The molecule has 0 aliphatic carbocycles. The fraction of sp³-hybridized carbons (Fsp3) is 0.200. The number of nitrogens with zero attached hydrogens (tertiary/aromatic N) is 3. The van der Waals surface area contributed by atoms with Gasteiger partial charge in [-0.05, 0) is 55.0 Å². The highest BCUT2D eigenvalue weighted by Crippen LogP contribution is 2.37. The predicted molar refractivity (Wildman–Crippen MR) is 139 cm³/mol. The van der Waals surface area contributed by atoms with Gasteiger partial charge in [0, 0.05) is 24.2 Å². The highest BCUT2D eigenvalue weighted by molar-refractivity contribution is 7.90. The SMILES string of the molecule is CCN(CCO)C(=O)c1cc(-c2ccc(-c3cccc(S(C)(=O)=O)c3)s2)n(-c2ccccc2Cl)n1. The standard InChI is InChI=1S/C25H24ClN3O4S2/c1-3-28(13-14-30)25(31)20-16-22(29(27-20)21-10-5-4-9-19(21)26)24-12-11-23(34-24)17-7-6-8-18(15-17)35(2,32)33/h4-12,15-16,30H,3,13-14H2,1-2H3. The van der Waals surface area contributed by atoms with Crippen molar-refractivity contribution in [1.82, 2.24) is 14.7 Å². The predicted octanol–water partition coefficient (Wildman–Crippen LogP) is 4.78. The molecule has 4 aromatic rings. The lowest BCUT2D eigenvalue weighted by atomic mass is 10.2. The van der Waals surface area contributed by atoms with Crippen LogP contribution in [0, 0.1) is 0 Å². The van der Waals surface area contributed by atoms with E-state index >= 15 is 0 Å². The largest absolute Gasteiger partial charge is 0.395 e. The molecule has 0 unspecified atom stereocenters. The Hall–Kier alpha value is -2.98. The Labute approximate surface area is 213 Å². The number of carbonyl (C=O) groups excluding carboxylic acids is 1. The summed E-state index contributed by atoms with van der Waals surface area (Å²) < 4.78 is 25.6. The van der Waals surface area contributed by atoms with Crippen LogP contribution in [0.25, 0.3) is 26.7 Å². The summed E-state index contributed by atoms with van der Waals surface area (Å²) in [5.74, 6) is -0.286. The van der Waals surface area contributed by atoms with Gasteiger partial charge in [-0.3, -0.25) is 4.79 Å². The lowest BCUT2D eigenvalue weighted by molar-refractivity contribution is 0.0725. The van der Waals surface area contributed by atoms with E-state index in [-0.39, 0.29) is 29.6 Å². The van der Waals surface area contributed by atoms with E-state index in [0.29, 0.717) is 22.9 Å². The van der Waals surface area contributed by atoms with Crippen LogP contribution in [0.3, 0.4) is 0 Å². The van der Waals surface area contributed by atoms with Gasteiger partial charge < -0.3 is 10.0 Å². The first-order valence-corrected chi connectivity index (χ1v) is 14.0. The number of likely N-dealkylation sites (N-methyl/N-ethyl adjacent to an activating group) is 1. The van der Waals surface area contributed by atoms with Gasteiger partial charge in [-0.2, -0.15) is 5.10 Å². The van der Waals surface area contributed by atoms with E-state index in [0.717, 1.165) is 15.3 Å². The maximum Gasteiger partial charge on any atom is 0.274 e. The second-order valence-corrected chi connectivity index (χ2v) is 11.4. The minimum absolute atomic E-state index is 0.140. The van der Waals surface area contributed by atoms with Crippen LogP contribution in [0.15, 0.2) is 71.6 Å². The Morgan fingerprint density at radius 1 is 1.09 bits per heavy atom. The van der Waals surface area contributed by atoms with Crippen molar-refractivity contribution in [3.05, 3.63) is 77.4 Å². The zero-order valence-electron chi connectivity index (χ0n) is 19.2. The van der Waals surface area contributed by atoms with E-state index in [9.17, 15) is 18.3 Å². The zero-order valence-corrected chi connectivity index (χ0v) is 21.6. The smallest absolute Gasteiger partial charge is 0.274 e. The molecule has 0 bridgehead atoms. The van der Waals surface area contributed by atoms with Crippen LogP contribution in [0.5, 0.6) is 0 Å². The fourth-order valence-corrected chi connectivity index (χ4v) is 5.55. The summed E-state index contributed by atoms with van der Waals surface area (Å²) in [4.78, 5) is 16.6. The van der Waals surface area contributed by atoms with Gasteiger partial charge in [0.2, 0.25) is 0 Å². The summed E-state index contributed by atoms with van der Waals surface area (Å²) >= 11 is 7.92. The number of para-hydroxylation sites is 1. The molecule has 2 heterocycles. The van der Waals surface area contributed by atoms with Crippen molar-refractivity contribution in [2.24, 2.45) is 0 Å². The van der Waals surface area contributed by atoms with Crippen molar-refractivity contribution < 1.29 is 18.3 Å². The molecule has 10 heteroatoms. The van der Waals surface area contributed by atoms with Gasteiger partial charge in [0.25, 0.3) is 5.91 Å². The molecule has 35 heavy (non-hydrogen) atoms. The molecule has 1 N–H and O–H groups in total. The van der Waals surface area contributed by atoms with Gasteiger partial charge in [0.05, 0.1) is 32.8 Å². The van der Waals surface area contributed by atoms with Gasteiger partial charge in [-0.15, -0.1) is 11.3 Å². The third-order valence-corrected chi connectivity index (χ3v) is 8.04. The van der Waals surface area contributed by atoms with Crippen molar-refractivity contribution >= 4 is 38.7 Å². The third kappa shape index (κ3) is 5.33. The number of aliphatic hydroxyl groups is 1. The van der Waals surface area contributed by atoms with E-state index < -0.39 is 9.84 Å². The summed E-state index contributed by atoms with van der Waals surface area (Å²) in [6.45, 7) is 2.35. The molecule has 0 atom stereocenters. The maximum atomic E-state index is 13.1. The van der Waals surface area contributed by atoms with Crippen molar-refractivity contribution in [2.45, 2.75) is 11.8 Å². The van der Waals surface area contributed by atoms with Gasteiger partial charge >= 0.3 is 0 Å². The van der Waals surface area contributed by atoms with Crippen LogP contribution in [-0.2, 0) is 9.84 Å². The van der Waals surface area contributed by atoms with Gasteiger partial charge in [0.15, 0.2) is 15.5 Å². The highest BCUT2D eigenvalue weighted by Gasteiger charge is 2.22. The van der Waals surface area contributed by atoms with E-state index in [4.69, 9.17) is 11.6 Å². The van der Waals surface area contributed by atoms with Crippen molar-refractivity contribution in [3.63, 3.8) is 0 Å². The fourth-order valence-electron chi connectivity index (χ4n) is 3.66. The average molecular weight is 530 g/mol. The first kappa shape index (κ1) is 25.1. The normalized spacial score (nSPS) is 11.5. The highest BCUT2D eigenvalue weighted by atomic mass is 35.5. The number of halogens is 1. The summed E-state index contributed by atoms with van der Waals surface area (Å²) in [7, 11) is -3.33. The minimum atomic E-state index is -3.33. The van der Waals surface area contributed by atoms with Gasteiger partial charge in [-0.1, -0.05) is 35.9 Å². The number of benzene rings is 2. The number of amides is 1. The van der Waals surface area contributed by atoms with Crippen molar-refractivity contribution in [1.29, 1.82) is 0 Å². The molecular formula is C25H24ClN3O4S2. The van der Waals surface area contributed by atoms with Gasteiger partial charge in [-0.25, -0.2) is 13.1 Å². The number of aromatic nitrogens is 2. The van der Waals surface area contributed by atoms with Crippen LogP contribution in [-0.4, -0.2) is 60.1 Å². The number of sulfone groups is 1. The van der Waals surface area contributed by atoms with Crippen molar-refractivity contribution in [2.75, 3.05) is 26.0 Å². The van der Waals surface area contributed by atoms with Crippen LogP contribution >= 0.6 is 22.9 Å². The summed E-state index contributed by atoms with van der Waals surface area (Å²) in [5.41, 5.74) is 2.33. The van der Waals surface area contributed by atoms with Crippen molar-refractivity contribution in [3.8, 4) is 26.7 Å². The molecule has 0 spiro atoms. The number of rotatable bonds is 8. The summed E-state index contributed by atoms with van der Waals surface area (Å²) in [6, 6.07) is 19.6. The quantitative estimate of drug-likeness (QED) is 0.354. The molecule has 4 rings (SSSR count). The number of hydrogen-bond donors (Lipinski definition) is 1. The number of thiophene rings is 1. The molecule has 0 aliphatic rings. The Bertz CT molecular complexity index is 1480. The molecule has 1 amide bonds. The van der Waals surface area contributed by atoms with Crippen LogP contribution < -0.4 is 0 Å². The Kier molecular flexibility index (Phi) is 7.42. The lowest BCUT2D eigenvalue weighted by Gasteiger charge is -2.18. The van der Waals surface area contributed by atoms with Crippen LogP contribution in [0.1, 0.15) is 17.4 Å². The maximum absolute atomic E-state index is 13.1. The van der Waals surface area contributed by atoms with E-state index in [1.165, 1.54) is 22.5 Å². The topological polar surface area (TPSA) is 92.5 Å². The zero-order chi connectivity index (χ0) is 25.2. The first-order chi connectivity index (χ1) is 16.7.